The molecule has 1 N–H and O–H groups in total. The maximum absolute atomic E-state index is 8.68. The summed E-state index contributed by atoms with van der Waals surface area (Å²) in [6, 6.07) is 7.89. The van der Waals surface area contributed by atoms with Crippen molar-refractivity contribution < 1.29 is 0 Å². The van der Waals surface area contributed by atoms with Gasteiger partial charge in [-0.05, 0) is 37.6 Å². The second kappa shape index (κ2) is 3.77. The van der Waals surface area contributed by atoms with Gasteiger partial charge in [0, 0.05) is 12.2 Å². The largest absolute Gasteiger partial charge is 0.385 e. The lowest BCUT2D eigenvalue weighted by Crippen LogP contribution is -1.96. The maximum atomic E-state index is 8.68. The molecule has 2 nitrogen and oxygen atoms in total. The number of nitriles is 1. The molecular weight excluding hydrogens is 148 g/mol. The topological polar surface area (TPSA) is 35.8 Å². The molecule has 0 aliphatic rings. The molecule has 0 aliphatic carbocycles. The van der Waals surface area contributed by atoms with Gasteiger partial charge in [-0.15, -0.1) is 0 Å². The molecule has 62 valence electrons. The Labute approximate surface area is 72.8 Å². The summed E-state index contributed by atoms with van der Waals surface area (Å²) in [6.07, 6.45) is 0. The fourth-order valence-corrected chi connectivity index (χ4v) is 1.15. The lowest BCUT2D eigenvalue weighted by atomic mass is 10.1. The number of benzene rings is 1. The number of anilines is 1. The third kappa shape index (κ3) is 2.00. The maximum Gasteiger partial charge on any atom is 0.0992 e. The quantitative estimate of drug-likeness (QED) is 0.720. The summed E-state index contributed by atoms with van der Waals surface area (Å²) in [7, 11) is 0. The standard InChI is InChI=1S/C10H12N2/c1-3-12-10-5-8(2)4-9(6-10)7-11/h4-6,12H,3H2,1-2H3. The monoisotopic (exact) mass is 160 g/mol. The normalized spacial score (nSPS) is 9.08. The molecule has 0 atom stereocenters. The van der Waals surface area contributed by atoms with Crippen LogP contribution >= 0.6 is 0 Å². The van der Waals surface area contributed by atoms with E-state index in [4.69, 9.17) is 5.26 Å². The third-order valence-electron chi connectivity index (χ3n) is 1.59. The average molecular weight is 160 g/mol. The number of hydrogen-bond acceptors (Lipinski definition) is 2. The van der Waals surface area contributed by atoms with Crippen LogP contribution in [0.3, 0.4) is 0 Å². The van der Waals surface area contributed by atoms with Crippen molar-refractivity contribution in [2.45, 2.75) is 13.8 Å². The third-order valence-corrected chi connectivity index (χ3v) is 1.59. The molecule has 0 heterocycles. The molecule has 0 unspecified atom stereocenters. The predicted octanol–water partition coefficient (Wildman–Crippen LogP) is 2.30. The van der Waals surface area contributed by atoms with E-state index in [1.54, 1.807) is 0 Å². The summed E-state index contributed by atoms with van der Waals surface area (Å²) < 4.78 is 0. The molecule has 1 rings (SSSR count). The Morgan fingerprint density at radius 1 is 1.42 bits per heavy atom. The van der Waals surface area contributed by atoms with Crippen LogP contribution in [0.2, 0.25) is 0 Å². The number of hydrogen-bond donors (Lipinski definition) is 1. The van der Waals surface area contributed by atoms with Crippen molar-refractivity contribution in [2.75, 3.05) is 11.9 Å². The van der Waals surface area contributed by atoms with Crippen molar-refractivity contribution in [3.63, 3.8) is 0 Å². The second-order valence-electron chi connectivity index (χ2n) is 2.73. The van der Waals surface area contributed by atoms with E-state index in [1.807, 2.05) is 32.0 Å². The van der Waals surface area contributed by atoms with E-state index < -0.39 is 0 Å². The fraction of sp³-hybridized carbons (Fsp3) is 0.300. The van der Waals surface area contributed by atoms with Crippen molar-refractivity contribution >= 4 is 5.69 Å². The molecule has 0 spiro atoms. The van der Waals surface area contributed by atoms with Gasteiger partial charge < -0.3 is 5.32 Å². The van der Waals surface area contributed by atoms with Gasteiger partial charge in [0.25, 0.3) is 0 Å². The molecule has 0 saturated heterocycles. The van der Waals surface area contributed by atoms with Crippen molar-refractivity contribution in [3.05, 3.63) is 29.3 Å². The van der Waals surface area contributed by atoms with Gasteiger partial charge in [-0.25, -0.2) is 0 Å². The zero-order valence-electron chi connectivity index (χ0n) is 7.39. The number of nitrogens with zero attached hydrogens (tertiary/aromatic N) is 1. The summed E-state index contributed by atoms with van der Waals surface area (Å²) in [6.45, 7) is 4.91. The molecule has 0 fully saturated rings. The SMILES string of the molecule is CCNc1cc(C)cc(C#N)c1. The van der Waals surface area contributed by atoms with Crippen LogP contribution in [0, 0.1) is 18.3 Å². The first kappa shape index (κ1) is 8.61. The Hall–Kier alpha value is -1.49. The van der Waals surface area contributed by atoms with Crippen molar-refractivity contribution in [3.8, 4) is 6.07 Å². The molecule has 0 amide bonds. The molecule has 2 heteroatoms. The lowest BCUT2D eigenvalue weighted by molar-refractivity contribution is 1.21. The van der Waals surface area contributed by atoms with Crippen LogP contribution in [0.15, 0.2) is 18.2 Å². The van der Waals surface area contributed by atoms with Gasteiger partial charge in [-0.1, -0.05) is 0 Å². The minimum atomic E-state index is 0.714. The highest BCUT2D eigenvalue weighted by molar-refractivity contribution is 5.51. The summed E-state index contributed by atoms with van der Waals surface area (Å²) >= 11 is 0. The van der Waals surface area contributed by atoms with Gasteiger partial charge in [-0.3, -0.25) is 0 Å². The first-order valence-corrected chi connectivity index (χ1v) is 4.02. The van der Waals surface area contributed by atoms with E-state index >= 15 is 0 Å². The molecule has 0 aromatic heterocycles. The second-order valence-corrected chi connectivity index (χ2v) is 2.73. The van der Waals surface area contributed by atoms with Crippen LogP contribution in [-0.4, -0.2) is 6.54 Å². The smallest absolute Gasteiger partial charge is 0.0992 e. The van der Waals surface area contributed by atoms with Crippen molar-refractivity contribution in [1.29, 1.82) is 5.26 Å². The molecule has 0 bridgehead atoms. The summed E-state index contributed by atoms with van der Waals surface area (Å²) in [5.41, 5.74) is 2.85. The highest BCUT2D eigenvalue weighted by Gasteiger charge is 1.95. The first-order chi connectivity index (χ1) is 5.76. The van der Waals surface area contributed by atoms with Gasteiger partial charge in [0.2, 0.25) is 0 Å². The minimum absolute atomic E-state index is 0.714. The molecule has 0 aliphatic heterocycles. The van der Waals surface area contributed by atoms with Crippen LogP contribution in [0.4, 0.5) is 5.69 Å². The predicted molar refractivity (Wildman–Crippen MR) is 50.1 cm³/mol. The first-order valence-electron chi connectivity index (χ1n) is 4.02. The highest BCUT2D eigenvalue weighted by Crippen LogP contribution is 2.13. The Morgan fingerprint density at radius 3 is 2.75 bits per heavy atom. The molecule has 0 radical (unpaired) electrons. The van der Waals surface area contributed by atoms with Crippen molar-refractivity contribution in [2.24, 2.45) is 0 Å². The molecule has 1 aromatic rings. The summed E-state index contributed by atoms with van der Waals surface area (Å²) in [5.74, 6) is 0. The van der Waals surface area contributed by atoms with Crippen LogP contribution < -0.4 is 5.32 Å². The summed E-state index contributed by atoms with van der Waals surface area (Å²) in [4.78, 5) is 0. The number of rotatable bonds is 2. The van der Waals surface area contributed by atoms with E-state index in [0.717, 1.165) is 17.8 Å². The Balaban J connectivity index is 3.00. The van der Waals surface area contributed by atoms with Crippen LogP contribution in [0.25, 0.3) is 0 Å². The van der Waals surface area contributed by atoms with Crippen molar-refractivity contribution in [1.82, 2.24) is 0 Å². The molecule has 1 aromatic carbocycles. The zero-order valence-corrected chi connectivity index (χ0v) is 7.39. The number of aryl methyl sites for hydroxylation is 1. The summed E-state index contributed by atoms with van der Waals surface area (Å²) in [5, 5.41) is 11.8. The van der Waals surface area contributed by atoms with Gasteiger partial charge in [0.1, 0.15) is 0 Å². The Kier molecular flexibility index (Phi) is 2.71. The Morgan fingerprint density at radius 2 is 2.17 bits per heavy atom. The van der Waals surface area contributed by atoms with Gasteiger partial charge >= 0.3 is 0 Å². The van der Waals surface area contributed by atoms with E-state index in [2.05, 4.69) is 11.4 Å². The highest BCUT2D eigenvalue weighted by atomic mass is 14.8. The van der Waals surface area contributed by atoms with Gasteiger partial charge in [0.15, 0.2) is 0 Å². The van der Waals surface area contributed by atoms with E-state index in [9.17, 15) is 0 Å². The lowest BCUT2D eigenvalue weighted by Gasteiger charge is -2.04. The molecular formula is C10H12N2. The Bertz CT molecular complexity index is 310. The molecule has 0 saturated carbocycles. The van der Waals surface area contributed by atoms with Crippen LogP contribution in [0.5, 0.6) is 0 Å². The zero-order chi connectivity index (χ0) is 8.97. The van der Waals surface area contributed by atoms with Gasteiger partial charge in [0.05, 0.1) is 11.6 Å². The van der Waals surface area contributed by atoms with Crippen LogP contribution in [0.1, 0.15) is 18.1 Å². The number of nitrogens with one attached hydrogen (secondary N) is 1. The van der Waals surface area contributed by atoms with E-state index in [-0.39, 0.29) is 0 Å². The van der Waals surface area contributed by atoms with E-state index in [0.29, 0.717) is 5.56 Å². The fourth-order valence-electron chi connectivity index (χ4n) is 1.15. The van der Waals surface area contributed by atoms with Gasteiger partial charge in [-0.2, -0.15) is 5.26 Å². The molecule has 12 heavy (non-hydrogen) atoms. The minimum Gasteiger partial charge on any atom is -0.385 e. The van der Waals surface area contributed by atoms with Crippen LogP contribution in [-0.2, 0) is 0 Å². The van der Waals surface area contributed by atoms with E-state index in [1.165, 1.54) is 0 Å². The average Bonchev–Trinajstić information content (AvgIpc) is 2.04.